The van der Waals surface area contributed by atoms with Crippen LogP contribution in [0.5, 0.6) is 11.5 Å². The summed E-state index contributed by atoms with van der Waals surface area (Å²) < 4.78 is 16.4. The van der Waals surface area contributed by atoms with Gasteiger partial charge in [-0.2, -0.15) is 5.10 Å². The van der Waals surface area contributed by atoms with Crippen LogP contribution in [0.25, 0.3) is 0 Å². The number of nitro groups is 1. The van der Waals surface area contributed by atoms with E-state index in [0.29, 0.717) is 41.2 Å². The highest BCUT2D eigenvalue weighted by Crippen LogP contribution is 2.42. The molecule has 1 aliphatic heterocycles. The fraction of sp³-hybridized carbons (Fsp3) is 0.350. The van der Waals surface area contributed by atoms with Gasteiger partial charge in [0, 0.05) is 23.6 Å². The molecule has 5 N–H and O–H groups in total. The lowest BCUT2D eigenvalue weighted by Crippen LogP contribution is -2.27. The molecular weight excluding hydrogens is 420 g/mol. The molecule has 0 unspecified atom stereocenters. The number of hydrogen-bond acceptors (Lipinski definition) is 8. The number of amides is 1. The first-order valence-corrected chi connectivity index (χ1v) is 9.73. The summed E-state index contributed by atoms with van der Waals surface area (Å²) in [5, 5.41) is 22.0. The Morgan fingerprint density at radius 3 is 2.56 bits per heavy atom. The van der Waals surface area contributed by atoms with Crippen LogP contribution in [0, 0.1) is 22.5 Å². The van der Waals surface area contributed by atoms with Crippen LogP contribution in [-0.4, -0.2) is 29.3 Å². The number of rotatable bonds is 4. The fourth-order valence-corrected chi connectivity index (χ4v) is 3.90. The van der Waals surface area contributed by atoms with Gasteiger partial charge in [0.15, 0.2) is 17.3 Å². The molecule has 12 heteroatoms. The van der Waals surface area contributed by atoms with Crippen LogP contribution in [0.1, 0.15) is 47.7 Å². The third-order valence-electron chi connectivity index (χ3n) is 5.22. The summed E-state index contributed by atoms with van der Waals surface area (Å²) in [6.07, 6.45) is 1.15. The lowest BCUT2D eigenvalue weighted by molar-refractivity contribution is -0.384. The maximum atomic E-state index is 13.1. The fourth-order valence-electron chi connectivity index (χ4n) is 3.90. The van der Waals surface area contributed by atoms with Crippen LogP contribution < -0.4 is 26.3 Å². The van der Waals surface area contributed by atoms with Gasteiger partial charge in [0.25, 0.3) is 11.6 Å². The molecule has 2 aromatic rings. The Morgan fingerprint density at radius 1 is 1.22 bits per heavy atom. The molecule has 0 saturated heterocycles. The summed E-state index contributed by atoms with van der Waals surface area (Å²) in [5.74, 6) is 0.317. The third kappa shape index (κ3) is 3.82. The Kier molecular flexibility index (Phi) is 4.99. The zero-order valence-corrected chi connectivity index (χ0v) is 17.7. The van der Waals surface area contributed by atoms with Crippen LogP contribution >= 0.6 is 0 Å². The Morgan fingerprint density at radius 2 is 1.91 bits per heavy atom. The minimum Gasteiger partial charge on any atom is -0.455 e. The third-order valence-corrected chi connectivity index (χ3v) is 5.22. The lowest BCUT2D eigenvalue weighted by atomic mass is 9.75. The van der Waals surface area contributed by atoms with E-state index in [-0.39, 0.29) is 41.1 Å². The summed E-state index contributed by atoms with van der Waals surface area (Å²) >= 11 is 0. The van der Waals surface area contributed by atoms with E-state index < -0.39 is 10.8 Å². The van der Waals surface area contributed by atoms with E-state index in [9.17, 15) is 14.9 Å². The van der Waals surface area contributed by atoms with E-state index in [1.807, 2.05) is 13.8 Å². The molecule has 2 aliphatic rings. The minimum absolute atomic E-state index is 0.0251. The number of carbonyl (C=O) groups is 1. The van der Waals surface area contributed by atoms with Gasteiger partial charge in [0.05, 0.1) is 16.7 Å². The van der Waals surface area contributed by atoms with E-state index in [1.54, 1.807) is 6.92 Å². The average molecular weight is 442 g/mol. The minimum atomic E-state index is -0.641. The number of fused-ring (bicyclic) bond motifs is 2. The number of anilines is 1. The second-order valence-corrected chi connectivity index (χ2v) is 8.38. The van der Waals surface area contributed by atoms with Gasteiger partial charge in [-0.15, -0.1) is 5.10 Å². The van der Waals surface area contributed by atoms with E-state index in [1.165, 1.54) is 12.1 Å². The molecule has 32 heavy (non-hydrogen) atoms. The van der Waals surface area contributed by atoms with Crippen molar-refractivity contribution in [1.29, 1.82) is 0 Å². The summed E-state index contributed by atoms with van der Waals surface area (Å²) in [5.41, 5.74) is 12.1. The van der Waals surface area contributed by atoms with E-state index in [4.69, 9.17) is 25.4 Å². The van der Waals surface area contributed by atoms with E-state index >= 15 is 0 Å². The summed E-state index contributed by atoms with van der Waals surface area (Å²) in [6.45, 7) is 5.74. The molecule has 0 spiro atoms. The van der Waals surface area contributed by atoms with Gasteiger partial charge in [-0.3, -0.25) is 14.9 Å². The Labute approximate surface area is 182 Å². The molecule has 0 radical (unpaired) electrons. The predicted octanol–water partition coefficient (Wildman–Crippen LogP) is 2.43. The number of guanidine groups is 1. The quantitative estimate of drug-likeness (QED) is 0.279. The first-order valence-electron chi connectivity index (χ1n) is 9.73. The molecule has 1 aliphatic carbocycles. The molecule has 2 heterocycles. The first-order chi connectivity index (χ1) is 15.1. The standard InChI is InChI=1S/C20H22N6O6/c1-9-16-11(24-25-19(21)22)6-20(2,3)7-15(16)32-17(9)18(27)23-10-4-13-14(31-8-30-13)5-12(10)26(28)29/h4-5H,6-8H2,1-3H3,(H,23,27)(H4,21,22,25)/b24-11-. The molecule has 1 aromatic carbocycles. The lowest BCUT2D eigenvalue weighted by Gasteiger charge is -2.29. The highest BCUT2D eigenvalue weighted by atomic mass is 16.7. The molecule has 1 aromatic heterocycles. The average Bonchev–Trinajstić information content (AvgIpc) is 3.28. The number of hydrogen-bond donors (Lipinski definition) is 3. The first kappa shape index (κ1) is 21.2. The molecule has 0 saturated carbocycles. The van der Waals surface area contributed by atoms with Crippen molar-refractivity contribution in [3.8, 4) is 11.5 Å². The number of carbonyl (C=O) groups excluding carboxylic acids is 1. The Bertz CT molecular complexity index is 1190. The van der Waals surface area contributed by atoms with Gasteiger partial charge >= 0.3 is 0 Å². The molecular formula is C20H22N6O6. The van der Waals surface area contributed by atoms with Gasteiger partial charge < -0.3 is 30.7 Å². The van der Waals surface area contributed by atoms with Crippen molar-refractivity contribution >= 4 is 29.0 Å². The van der Waals surface area contributed by atoms with Crippen LogP contribution in [-0.2, 0) is 6.42 Å². The van der Waals surface area contributed by atoms with Crippen molar-refractivity contribution in [2.75, 3.05) is 12.1 Å². The Balaban J connectivity index is 1.72. The maximum Gasteiger partial charge on any atom is 0.296 e. The SMILES string of the molecule is Cc1c(C(=O)Nc2cc3c(cc2[N+](=O)[O-])OCO3)oc2c1/C(=N\N=C(N)N)CC(C)(C)C2. The van der Waals surface area contributed by atoms with Crippen LogP contribution in [0.3, 0.4) is 0 Å². The van der Waals surface area contributed by atoms with Crippen molar-refractivity contribution in [2.45, 2.75) is 33.6 Å². The van der Waals surface area contributed by atoms with Gasteiger partial charge in [0.1, 0.15) is 11.4 Å². The second-order valence-electron chi connectivity index (χ2n) is 8.38. The normalized spacial score (nSPS) is 17.0. The number of benzene rings is 1. The van der Waals surface area contributed by atoms with Crippen molar-refractivity contribution in [1.82, 2.24) is 0 Å². The molecule has 1 amide bonds. The highest BCUT2D eigenvalue weighted by Gasteiger charge is 2.36. The topological polar surface area (TPSA) is 181 Å². The van der Waals surface area contributed by atoms with Gasteiger partial charge in [0.2, 0.25) is 12.8 Å². The van der Waals surface area contributed by atoms with Crippen LogP contribution in [0.15, 0.2) is 26.8 Å². The van der Waals surface area contributed by atoms with Crippen molar-refractivity contribution in [2.24, 2.45) is 27.1 Å². The van der Waals surface area contributed by atoms with Gasteiger partial charge in [-0.05, 0) is 18.8 Å². The van der Waals surface area contributed by atoms with Crippen molar-refractivity contribution in [3.63, 3.8) is 0 Å². The monoisotopic (exact) mass is 442 g/mol. The summed E-state index contributed by atoms with van der Waals surface area (Å²) in [6, 6.07) is 2.56. The molecule has 0 atom stereocenters. The number of nitrogens with two attached hydrogens (primary N) is 2. The number of nitrogens with zero attached hydrogens (tertiary/aromatic N) is 3. The van der Waals surface area contributed by atoms with Crippen LogP contribution in [0.2, 0.25) is 0 Å². The molecule has 168 valence electrons. The van der Waals surface area contributed by atoms with Gasteiger partial charge in [-0.25, -0.2) is 0 Å². The number of ether oxygens (including phenoxy) is 2. The van der Waals surface area contributed by atoms with Crippen LogP contribution in [0.4, 0.5) is 11.4 Å². The Hall–Kier alpha value is -4.09. The van der Waals surface area contributed by atoms with Gasteiger partial charge in [-0.1, -0.05) is 13.8 Å². The number of nitrogens with one attached hydrogen (secondary N) is 1. The van der Waals surface area contributed by atoms with Crippen molar-refractivity contribution in [3.05, 3.63) is 44.9 Å². The zero-order chi connectivity index (χ0) is 23.2. The second kappa shape index (κ2) is 7.55. The van der Waals surface area contributed by atoms with E-state index in [0.717, 1.165) is 0 Å². The zero-order valence-electron chi connectivity index (χ0n) is 17.7. The molecule has 12 nitrogen and oxygen atoms in total. The predicted molar refractivity (Wildman–Crippen MR) is 115 cm³/mol. The maximum absolute atomic E-state index is 13.1. The number of furan rings is 1. The number of nitro benzene ring substituents is 1. The highest BCUT2D eigenvalue weighted by molar-refractivity contribution is 6.10. The summed E-state index contributed by atoms with van der Waals surface area (Å²) in [7, 11) is 0. The molecule has 0 fully saturated rings. The summed E-state index contributed by atoms with van der Waals surface area (Å²) in [4.78, 5) is 23.9. The molecule has 4 rings (SSSR count). The molecule has 0 bridgehead atoms. The smallest absolute Gasteiger partial charge is 0.296 e. The van der Waals surface area contributed by atoms with E-state index in [2.05, 4.69) is 15.5 Å². The largest absolute Gasteiger partial charge is 0.455 e. The van der Waals surface area contributed by atoms with Crippen molar-refractivity contribution < 1.29 is 23.6 Å².